The van der Waals surface area contributed by atoms with Crippen molar-refractivity contribution >= 4 is 39.8 Å². The van der Waals surface area contributed by atoms with Crippen LogP contribution in [0.3, 0.4) is 0 Å². The fourth-order valence-corrected chi connectivity index (χ4v) is 2.55. The average Bonchev–Trinajstić information content (AvgIpc) is 2.45. The van der Waals surface area contributed by atoms with Crippen LogP contribution in [0.15, 0.2) is 11.4 Å². The first-order valence-corrected chi connectivity index (χ1v) is 5.84. The van der Waals surface area contributed by atoms with Gasteiger partial charge in [-0.25, -0.2) is 0 Å². The molecule has 1 N–H and O–H groups in total. The summed E-state index contributed by atoms with van der Waals surface area (Å²) in [5.41, 5.74) is 0.737. The zero-order chi connectivity index (χ0) is 9.42. The van der Waals surface area contributed by atoms with Crippen molar-refractivity contribution in [2.75, 3.05) is 13.1 Å². The summed E-state index contributed by atoms with van der Waals surface area (Å²) < 4.78 is 1.11. The minimum absolute atomic E-state index is 0.0319. The molecule has 3 nitrogen and oxygen atoms in total. The van der Waals surface area contributed by atoms with Gasteiger partial charge in [-0.2, -0.15) is 0 Å². The van der Waals surface area contributed by atoms with Gasteiger partial charge in [0.1, 0.15) is 0 Å². The van der Waals surface area contributed by atoms with Crippen LogP contribution in [-0.2, 0) is 0 Å². The predicted octanol–water partition coefficient (Wildman–Crippen LogP) is 1.17. The molecular formula is C8H8INO2S. The van der Waals surface area contributed by atoms with Crippen LogP contribution < -0.4 is 0 Å². The minimum Gasteiger partial charge on any atom is -0.389 e. The molecule has 2 heterocycles. The number of likely N-dealkylation sites (tertiary alicyclic amines) is 1. The Morgan fingerprint density at radius 3 is 2.85 bits per heavy atom. The van der Waals surface area contributed by atoms with Crippen molar-refractivity contribution in [3.8, 4) is 0 Å². The van der Waals surface area contributed by atoms with Gasteiger partial charge in [-0.3, -0.25) is 4.79 Å². The van der Waals surface area contributed by atoms with E-state index < -0.39 is 0 Å². The first-order valence-electron chi connectivity index (χ1n) is 3.88. The smallest absolute Gasteiger partial charge is 0.254 e. The van der Waals surface area contributed by atoms with E-state index in [0.29, 0.717) is 13.1 Å². The lowest BCUT2D eigenvalue weighted by Crippen LogP contribution is -2.53. The van der Waals surface area contributed by atoms with Gasteiger partial charge in [-0.15, -0.1) is 11.3 Å². The van der Waals surface area contributed by atoms with Crippen molar-refractivity contribution in [2.45, 2.75) is 6.10 Å². The Morgan fingerprint density at radius 1 is 1.69 bits per heavy atom. The third-order valence-electron chi connectivity index (χ3n) is 1.96. The van der Waals surface area contributed by atoms with Gasteiger partial charge >= 0.3 is 0 Å². The molecule has 0 aromatic carbocycles. The molecule has 13 heavy (non-hydrogen) atoms. The molecular weight excluding hydrogens is 301 g/mol. The molecule has 1 aliphatic heterocycles. The van der Waals surface area contributed by atoms with Crippen LogP contribution in [0.1, 0.15) is 10.4 Å². The maximum absolute atomic E-state index is 11.6. The maximum Gasteiger partial charge on any atom is 0.254 e. The Kier molecular flexibility index (Phi) is 2.57. The molecule has 0 spiro atoms. The zero-order valence-electron chi connectivity index (χ0n) is 6.74. The van der Waals surface area contributed by atoms with Gasteiger partial charge in [0.25, 0.3) is 5.91 Å². The summed E-state index contributed by atoms with van der Waals surface area (Å²) in [5.74, 6) is 0.0319. The number of rotatable bonds is 1. The highest BCUT2D eigenvalue weighted by Gasteiger charge is 2.29. The number of hydrogen-bond acceptors (Lipinski definition) is 3. The quantitative estimate of drug-likeness (QED) is 0.791. The van der Waals surface area contributed by atoms with E-state index in [1.807, 2.05) is 11.4 Å². The topological polar surface area (TPSA) is 40.5 Å². The van der Waals surface area contributed by atoms with E-state index in [2.05, 4.69) is 22.6 Å². The lowest BCUT2D eigenvalue weighted by atomic mass is 10.1. The second kappa shape index (κ2) is 3.55. The van der Waals surface area contributed by atoms with Crippen LogP contribution in [0.2, 0.25) is 0 Å². The number of hydrogen-bond donors (Lipinski definition) is 1. The summed E-state index contributed by atoms with van der Waals surface area (Å²) in [6.45, 7) is 0.955. The van der Waals surface area contributed by atoms with Gasteiger partial charge < -0.3 is 10.0 Å². The van der Waals surface area contributed by atoms with E-state index in [0.717, 1.165) is 8.45 Å². The first-order chi connectivity index (χ1) is 6.16. The molecule has 0 bridgehead atoms. The molecule has 70 valence electrons. The van der Waals surface area contributed by atoms with Crippen molar-refractivity contribution < 1.29 is 9.90 Å². The van der Waals surface area contributed by atoms with E-state index >= 15 is 0 Å². The number of amides is 1. The Balaban J connectivity index is 2.06. The van der Waals surface area contributed by atoms with Crippen molar-refractivity contribution in [3.05, 3.63) is 19.9 Å². The van der Waals surface area contributed by atoms with Crippen LogP contribution in [0.4, 0.5) is 0 Å². The summed E-state index contributed by atoms with van der Waals surface area (Å²) in [5, 5.41) is 10.9. The summed E-state index contributed by atoms with van der Waals surface area (Å²) in [6, 6.07) is 1.87. The Labute approximate surface area is 93.5 Å². The number of β-amino-alcohol motifs (C(OH)–C–C–N with tert-alkyl or cyclic N) is 1. The molecule has 0 unspecified atom stereocenters. The normalized spacial score (nSPS) is 17.2. The van der Waals surface area contributed by atoms with Crippen LogP contribution >= 0.6 is 33.9 Å². The van der Waals surface area contributed by atoms with Crippen LogP contribution in [0.25, 0.3) is 0 Å². The summed E-state index contributed by atoms with van der Waals surface area (Å²) in [6.07, 6.45) is -0.318. The second-order valence-electron chi connectivity index (χ2n) is 3.00. The molecule has 1 aliphatic rings. The van der Waals surface area contributed by atoms with E-state index in [4.69, 9.17) is 5.11 Å². The Morgan fingerprint density at radius 2 is 2.38 bits per heavy atom. The van der Waals surface area contributed by atoms with Gasteiger partial charge in [0.05, 0.1) is 14.6 Å². The molecule has 1 saturated heterocycles. The molecule has 2 rings (SSSR count). The summed E-state index contributed by atoms with van der Waals surface area (Å²) in [4.78, 5) is 13.3. The number of thiophene rings is 1. The number of halogens is 1. The fourth-order valence-electron chi connectivity index (χ4n) is 1.23. The molecule has 1 aromatic rings. The lowest BCUT2D eigenvalue weighted by Gasteiger charge is -2.35. The fraction of sp³-hybridized carbons (Fsp3) is 0.375. The van der Waals surface area contributed by atoms with Gasteiger partial charge in [0.2, 0.25) is 0 Å². The molecule has 1 aromatic heterocycles. The third kappa shape index (κ3) is 1.87. The lowest BCUT2D eigenvalue weighted by molar-refractivity contribution is 0.00593. The van der Waals surface area contributed by atoms with Gasteiger partial charge in [0, 0.05) is 18.5 Å². The predicted molar refractivity (Wildman–Crippen MR) is 58.9 cm³/mol. The molecule has 1 fully saturated rings. The molecule has 0 radical (unpaired) electrons. The zero-order valence-corrected chi connectivity index (χ0v) is 9.71. The van der Waals surface area contributed by atoms with E-state index in [1.54, 1.807) is 16.2 Å². The molecule has 5 heteroatoms. The van der Waals surface area contributed by atoms with Crippen LogP contribution in [0, 0.1) is 2.88 Å². The van der Waals surface area contributed by atoms with Crippen LogP contribution in [0.5, 0.6) is 0 Å². The number of carbonyl (C=O) groups is 1. The number of aliphatic hydroxyl groups excluding tert-OH is 1. The van der Waals surface area contributed by atoms with Crippen molar-refractivity contribution in [2.24, 2.45) is 0 Å². The van der Waals surface area contributed by atoms with Crippen molar-refractivity contribution in [1.29, 1.82) is 0 Å². The van der Waals surface area contributed by atoms with Crippen molar-refractivity contribution in [3.63, 3.8) is 0 Å². The van der Waals surface area contributed by atoms with E-state index in [1.165, 1.54) is 0 Å². The molecule has 0 aliphatic carbocycles. The highest BCUT2D eigenvalue weighted by molar-refractivity contribution is 14.1. The highest BCUT2D eigenvalue weighted by atomic mass is 127. The van der Waals surface area contributed by atoms with Gasteiger partial charge in [0.15, 0.2) is 0 Å². The van der Waals surface area contributed by atoms with Crippen LogP contribution in [-0.4, -0.2) is 35.1 Å². The molecule has 0 saturated carbocycles. The molecule has 0 atom stereocenters. The summed E-state index contributed by atoms with van der Waals surface area (Å²) in [7, 11) is 0. The minimum atomic E-state index is -0.318. The largest absolute Gasteiger partial charge is 0.389 e. The summed E-state index contributed by atoms with van der Waals surface area (Å²) >= 11 is 3.75. The number of carbonyl (C=O) groups excluding carboxylic acids is 1. The SMILES string of the molecule is O=C(c1csc(I)c1)N1CC(O)C1. The third-order valence-corrected chi connectivity index (χ3v) is 3.75. The van der Waals surface area contributed by atoms with Gasteiger partial charge in [-0.05, 0) is 28.7 Å². The van der Waals surface area contributed by atoms with E-state index in [-0.39, 0.29) is 12.0 Å². The van der Waals surface area contributed by atoms with Crippen molar-refractivity contribution in [1.82, 2.24) is 4.90 Å². The monoisotopic (exact) mass is 309 g/mol. The van der Waals surface area contributed by atoms with Gasteiger partial charge in [-0.1, -0.05) is 0 Å². The number of aliphatic hydroxyl groups is 1. The average molecular weight is 309 g/mol. The first kappa shape index (κ1) is 9.42. The Hall–Kier alpha value is -0.140. The molecule has 1 amide bonds. The standard InChI is InChI=1S/C8H8INO2S/c9-7-1-5(4-13-7)8(12)10-2-6(11)3-10/h1,4,6,11H,2-3H2. The van der Waals surface area contributed by atoms with E-state index in [9.17, 15) is 4.79 Å². The number of nitrogens with zero attached hydrogens (tertiary/aromatic N) is 1. The second-order valence-corrected chi connectivity index (χ2v) is 5.81. The highest BCUT2D eigenvalue weighted by Crippen LogP contribution is 2.20. The maximum atomic E-state index is 11.6. The Bertz CT molecular complexity index is 333.